The highest BCUT2D eigenvalue weighted by Gasteiger charge is 2.20. The van der Waals surface area contributed by atoms with Crippen LogP contribution in [0.1, 0.15) is 46.7 Å². The predicted molar refractivity (Wildman–Crippen MR) is 63.9 cm³/mol. The Balaban J connectivity index is 0.000000921. The molecule has 0 radical (unpaired) electrons. The minimum Gasteiger partial charge on any atom is -0.369 e. The van der Waals surface area contributed by atoms with Gasteiger partial charge in [0.25, 0.3) is 5.56 Å². The maximum atomic E-state index is 11.1. The van der Waals surface area contributed by atoms with Crippen LogP contribution in [0.2, 0.25) is 0 Å². The fourth-order valence-electron chi connectivity index (χ4n) is 1.00. The van der Waals surface area contributed by atoms with Gasteiger partial charge in [-0.1, -0.05) is 34.6 Å². The fraction of sp³-hybridized carbons (Fsp3) is 0.636. The van der Waals surface area contributed by atoms with Gasteiger partial charge < -0.3 is 5.73 Å². The Labute approximate surface area is 90.9 Å². The van der Waals surface area contributed by atoms with Gasteiger partial charge in [-0.2, -0.15) is 0 Å². The normalized spacial score (nSPS) is 10.5. The molecule has 15 heavy (non-hydrogen) atoms. The Morgan fingerprint density at radius 1 is 1.47 bits per heavy atom. The number of nitrogens with two attached hydrogens (primary N) is 1. The van der Waals surface area contributed by atoms with Gasteiger partial charge in [0.1, 0.15) is 0 Å². The molecule has 0 spiro atoms. The lowest BCUT2D eigenvalue weighted by atomic mass is 9.86. The third kappa shape index (κ3) is 3.73. The van der Waals surface area contributed by atoms with Crippen LogP contribution in [0.25, 0.3) is 0 Å². The number of nitrogen functional groups attached to an aromatic ring is 1. The summed E-state index contributed by atoms with van der Waals surface area (Å²) in [6.07, 6.45) is 0.920. The van der Waals surface area contributed by atoms with Crippen LogP contribution < -0.4 is 11.3 Å². The molecule has 0 aliphatic carbocycles. The first-order valence-electron chi connectivity index (χ1n) is 5.33. The zero-order valence-electron chi connectivity index (χ0n) is 10.2. The monoisotopic (exact) mass is 211 g/mol. The zero-order valence-corrected chi connectivity index (χ0v) is 10.2. The summed E-state index contributed by atoms with van der Waals surface area (Å²) in [5.74, 6) is 0.184. The third-order valence-corrected chi connectivity index (χ3v) is 2.34. The SMILES string of the molecule is CC.CCC(C)(C)c1cc(=O)[nH]c(N)n1. The molecule has 3 N–H and O–H groups in total. The lowest BCUT2D eigenvalue weighted by Crippen LogP contribution is -2.22. The minimum absolute atomic E-state index is 0.0949. The van der Waals surface area contributed by atoms with Crippen molar-refractivity contribution in [2.24, 2.45) is 0 Å². The molecule has 0 aromatic carbocycles. The van der Waals surface area contributed by atoms with Crippen LogP contribution in [0, 0.1) is 0 Å². The van der Waals surface area contributed by atoms with Crippen molar-refractivity contribution in [1.82, 2.24) is 9.97 Å². The molecule has 0 atom stereocenters. The number of rotatable bonds is 2. The highest BCUT2D eigenvalue weighted by molar-refractivity contribution is 5.22. The third-order valence-electron chi connectivity index (χ3n) is 2.34. The molecular formula is C11H21N3O. The van der Waals surface area contributed by atoms with Gasteiger partial charge in [0.15, 0.2) is 0 Å². The molecule has 1 heterocycles. The quantitative estimate of drug-likeness (QED) is 0.786. The van der Waals surface area contributed by atoms with Crippen LogP contribution in [0.4, 0.5) is 5.95 Å². The van der Waals surface area contributed by atoms with Crippen LogP contribution in [-0.4, -0.2) is 9.97 Å². The highest BCUT2D eigenvalue weighted by Crippen LogP contribution is 2.23. The Kier molecular flexibility index (Phi) is 5.05. The van der Waals surface area contributed by atoms with Gasteiger partial charge >= 0.3 is 0 Å². The minimum atomic E-state index is -0.191. The summed E-state index contributed by atoms with van der Waals surface area (Å²) < 4.78 is 0. The maximum absolute atomic E-state index is 11.1. The predicted octanol–water partition coefficient (Wildman–Crippen LogP) is 2.07. The summed E-state index contributed by atoms with van der Waals surface area (Å²) in [5, 5.41) is 0. The van der Waals surface area contributed by atoms with E-state index in [1.165, 1.54) is 6.07 Å². The zero-order chi connectivity index (χ0) is 12.1. The van der Waals surface area contributed by atoms with Crippen molar-refractivity contribution < 1.29 is 0 Å². The van der Waals surface area contributed by atoms with Crippen molar-refractivity contribution >= 4 is 5.95 Å². The lowest BCUT2D eigenvalue weighted by molar-refractivity contribution is 0.489. The summed E-state index contributed by atoms with van der Waals surface area (Å²) in [5.41, 5.74) is 5.91. The Hall–Kier alpha value is -1.32. The topological polar surface area (TPSA) is 71.8 Å². The smallest absolute Gasteiger partial charge is 0.252 e. The van der Waals surface area contributed by atoms with E-state index in [-0.39, 0.29) is 16.9 Å². The van der Waals surface area contributed by atoms with E-state index in [9.17, 15) is 4.79 Å². The molecule has 86 valence electrons. The Bertz CT molecular complexity index is 355. The number of hydrogen-bond donors (Lipinski definition) is 2. The number of aromatic amines is 1. The van der Waals surface area contributed by atoms with Crippen molar-refractivity contribution in [2.45, 2.75) is 46.5 Å². The number of nitrogens with one attached hydrogen (secondary N) is 1. The van der Waals surface area contributed by atoms with Crippen molar-refractivity contribution in [3.05, 3.63) is 22.1 Å². The maximum Gasteiger partial charge on any atom is 0.252 e. The molecule has 0 bridgehead atoms. The number of nitrogens with zero attached hydrogens (tertiary/aromatic N) is 1. The van der Waals surface area contributed by atoms with Gasteiger partial charge in [-0.25, -0.2) is 4.98 Å². The molecule has 4 heteroatoms. The molecule has 0 amide bonds. The molecule has 0 saturated carbocycles. The van der Waals surface area contributed by atoms with Crippen molar-refractivity contribution in [1.29, 1.82) is 0 Å². The van der Waals surface area contributed by atoms with Crippen LogP contribution in [0.3, 0.4) is 0 Å². The Morgan fingerprint density at radius 2 is 2.00 bits per heavy atom. The first-order chi connectivity index (χ1) is 6.95. The molecule has 4 nitrogen and oxygen atoms in total. The second-order valence-corrected chi connectivity index (χ2v) is 3.75. The molecule has 0 unspecified atom stereocenters. The average Bonchev–Trinajstić information content (AvgIpc) is 2.19. The Morgan fingerprint density at radius 3 is 2.40 bits per heavy atom. The number of aromatic nitrogens is 2. The lowest BCUT2D eigenvalue weighted by Gasteiger charge is -2.21. The number of hydrogen-bond acceptors (Lipinski definition) is 3. The summed E-state index contributed by atoms with van der Waals surface area (Å²) in [6, 6.07) is 1.50. The number of H-pyrrole nitrogens is 1. The van der Waals surface area contributed by atoms with Crippen LogP contribution in [0.15, 0.2) is 10.9 Å². The molecule has 0 aliphatic heterocycles. The second kappa shape index (κ2) is 5.53. The average molecular weight is 211 g/mol. The summed E-state index contributed by atoms with van der Waals surface area (Å²) in [4.78, 5) is 17.6. The van der Waals surface area contributed by atoms with E-state index in [1.54, 1.807) is 0 Å². The summed E-state index contributed by atoms with van der Waals surface area (Å²) in [7, 11) is 0. The van der Waals surface area contributed by atoms with E-state index >= 15 is 0 Å². The molecule has 1 rings (SSSR count). The van der Waals surface area contributed by atoms with Crippen molar-refractivity contribution in [3.8, 4) is 0 Å². The fourth-order valence-corrected chi connectivity index (χ4v) is 1.00. The first kappa shape index (κ1) is 13.7. The van der Waals surface area contributed by atoms with Gasteiger partial charge in [-0.15, -0.1) is 0 Å². The largest absolute Gasteiger partial charge is 0.369 e. The molecule has 1 aromatic rings. The van der Waals surface area contributed by atoms with Crippen LogP contribution in [0.5, 0.6) is 0 Å². The van der Waals surface area contributed by atoms with E-state index < -0.39 is 0 Å². The van der Waals surface area contributed by atoms with E-state index in [2.05, 4.69) is 16.9 Å². The first-order valence-corrected chi connectivity index (χ1v) is 5.33. The summed E-state index contributed by atoms with van der Waals surface area (Å²) in [6.45, 7) is 10.1. The summed E-state index contributed by atoms with van der Waals surface area (Å²) >= 11 is 0. The van der Waals surface area contributed by atoms with Gasteiger partial charge in [0, 0.05) is 11.5 Å². The van der Waals surface area contributed by atoms with Gasteiger partial charge in [-0.3, -0.25) is 9.78 Å². The molecule has 0 aliphatic rings. The van der Waals surface area contributed by atoms with E-state index in [0.717, 1.165) is 12.1 Å². The highest BCUT2D eigenvalue weighted by atomic mass is 16.1. The molecular weight excluding hydrogens is 190 g/mol. The number of anilines is 1. The van der Waals surface area contributed by atoms with Gasteiger partial charge in [0.2, 0.25) is 5.95 Å². The van der Waals surface area contributed by atoms with Crippen molar-refractivity contribution in [3.63, 3.8) is 0 Å². The molecule has 0 saturated heterocycles. The van der Waals surface area contributed by atoms with Gasteiger partial charge in [-0.05, 0) is 6.42 Å². The second-order valence-electron chi connectivity index (χ2n) is 3.75. The van der Waals surface area contributed by atoms with E-state index in [1.807, 2.05) is 27.7 Å². The van der Waals surface area contributed by atoms with Crippen LogP contribution in [-0.2, 0) is 5.41 Å². The van der Waals surface area contributed by atoms with Gasteiger partial charge in [0.05, 0.1) is 5.69 Å². The molecule has 1 aromatic heterocycles. The standard InChI is InChI=1S/C9H15N3O.C2H6/c1-4-9(2,3)6-5-7(13)12-8(10)11-6;1-2/h5H,4H2,1-3H3,(H3,10,11,12,13);1-2H3. The van der Waals surface area contributed by atoms with E-state index in [4.69, 9.17) is 5.73 Å². The molecule has 0 fully saturated rings. The van der Waals surface area contributed by atoms with Crippen LogP contribution >= 0.6 is 0 Å². The van der Waals surface area contributed by atoms with E-state index in [0.29, 0.717) is 0 Å². The van der Waals surface area contributed by atoms with Crippen molar-refractivity contribution in [2.75, 3.05) is 5.73 Å².